The molecule has 1 aliphatic heterocycles. The number of rotatable bonds is 5. The Morgan fingerprint density at radius 2 is 1.86 bits per heavy atom. The molecule has 1 saturated carbocycles. The van der Waals surface area contributed by atoms with Gasteiger partial charge in [0.2, 0.25) is 5.95 Å². The highest BCUT2D eigenvalue weighted by Crippen LogP contribution is 2.32. The van der Waals surface area contributed by atoms with Gasteiger partial charge in [-0.15, -0.1) is 0 Å². The molecule has 5 rings (SSSR count). The van der Waals surface area contributed by atoms with Crippen LogP contribution in [-0.2, 0) is 0 Å². The molecular weight excluding hydrogens is 382 g/mol. The third kappa shape index (κ3) is 4.04. The largest absolute Gasteiger partial charge is 0.351 e. The molecule has 0 spiro atoms. The van der Waals surface area contributed by atoms with E-state index in [4.69, 9.17) is 15.7 Å². The van der Waals surface area contributed by atoms with Gasteiger partial charge in [-0.1, -0.05) is 18.2 Å². The summed E-state index contributed by atoms with van der Waals surface area (Å²) in [5.74, 6) is 3.72. The van der Waals surface area contributed by atoms with Gasteiger partial charge in [0.05, 0.1) is 6.33 Å². The van der Waals surface area contributed by atoms with Crippen LogP contribution < -0.4 is 16.4 Å². The van der Waals surface area contributed by atoms with Gasteiger partial charge in [-0.3, -0.25) is 0 Å². The predicted octanol–water partition coefficient (Wildman–Crippen LogP) is 3.93. The summed E-state index contributed by atoms with van der Waals surface area (Å²) in [6.45, 7) is 0. The number of anilines is 3. The molecule has 7 nitrogen and oxygen atoms in total. The monoisotopic (exact) mass is 409 g/mol. The van der Waals surface area contributed by atoms with Crippen LogP contribution >= 0.6 is 11.8 Å². The molecule has 1 atom stereocenters. The molecule has 2 fully saturated rings. The van der Waals surface area contributed by atoms with Crippen LogP contribution in [-0.4, -0.2) is 43.1 Å². The van der Waals surface area contributed by atoms with Crippen molar-refractivity contribution in [3.8, 4) is 0 Å². The second kappa shape index (κ2) is 8.20. The minimum atomic E-state index is 0.327. The standard InChI is InChI=1S/C21H27N7S/c22-14-6-8-16(9-7-14)25-21-26-19(24-15-4-2-1-3-5-15)18-20(27-21)28(13-23-18)17-10-11-29-12-17/h1-5,13-14,16-17H,6-12,22H2,(H2,24,25,26,27). The third-order valence-corrected chi connectivity index (χ3v) is 7.01. The summed E-state index contributed by atoms with van der Waals surface area (Å²) in [7, 11) is 0. The van der Waals surface area contributed by atoms with E-state index in [1.807, 2.05) is 48.4 Å². The number of nitrogens with zero attached hydrogens (tertiary/aromatic N) is 4. The first-order chi connectivity index (χ1) is 14.3. The zero-order valence-electron chi connectivity index (χ0n) is 16.4. The molecule has 8 heteroatoms. The minimum Gasteiger partial charge on any atom is -0.351 e. The molecule has 1 aliphatic carbocycles. The number of imidazole rings is 1. The number of nitrogens with two attached hydrogens (primary N) is 1. The molecule has 1 aromatic carbocycles. The van der Waals surface area contributed by atoms with Crippen molar-refractivity contribution >= 4 is 40.4 Å². The molecule has 1 saturated heterocycles. The molecular formula is C21H27N7S. The second-order valence-electron chi connectivity index (χ2n) is 7.98. The van der Waals surface area contributed by atoms with E-state index in [2.05, 4.69) is 20.2 Å². The molecule has 1 unspecified atom stereocenters. The number of hydrogen-bond donors (Lipinski definition) is 3. The van der Waals surface area contributed by atoms with E-state index < -0.39 is 0 Å². The number of nitrogens with one attached hydrogen (secondary N) is 2. The molecule has 4 N–H and O–H groups in total. The van der Waals surface area contributed by atoms with Gasteiger partial charge in [-0.2, -0.15) is 21.7 Å². The van der Waals surface area contributed by atoms with Gasteiger partial charge in [-0.05, 0) is 50.0 Å². The SMILES string of the molecule is NC1CCC(Nc2nc(Nc3ccccc3)c3ncn(C4CCSC4)c3n2)CC1. The van der Waals surface area contributed by atoms with Crippen LogP contribution in [0.2, 0.25) is 0 Å². The number of para-hydroxylation sites is 1. The average molecular weight is 410 g/mol. The zero-order chi connectivity index (χ0) is 19.6. The summed E-state index contributed by atoms with van der Waals surface area (Å²) in [6.07, 6.45) is 7.30. The summed E-state index contributed by atoms with van der Waals surface area (Å²) < 4.78 is 2.23. The maximum absolute atomic E-state index is 6.07. The molecule has 152 valence electrons. The van der Waals surface area contributed by atoms with E-state index in [0.717, 1.165) is 60.5 Å². The van der Waals surface area contributed by atoms with Crippen LogP contribution in [0.4, 0.5) is 17.5 Å². The van der Waals surface area contributed by atoms with E-state index in [1.165, 1.54) is 5.75 Å². The first kappa shape index (κ1) is 18.7. The Morgan fingerprint density at radius 3 is 2.62 bits per heavy atom. The highest BCUT2D eigenvalue weighted by Gasteiger charge is 2.24. The predicted molar refractivity (Wildman–Crippen MR) is 120 cm³/mol. The van der Waals surface area contributed by atoms with Gasteiger partial charge in [0, 0.05) is 29.6 Å². The van der Waals surface area contributed by atoms with E-state index in [0.29, 0.717) is 24.1 Å². The van der Waals surface area contributed by atoms with Gasteiger partial charge in [0.15, 0.2) is 17.0 Å². The van der Waals surface area contributed by atoms with Gasteiger partial charge in [0.1, 0.15) is 0 Å². The van der Waals surface area contributed by atoms with E-state index in [-0.39, 0.29) is 0 Å². The lowest BCUT2D eigenvalue weighted by molar-refractivity contribution is 0.410. The molecule has 3 aromatic rings. The van der Waals surface area contributed by atoms with Crippen molar-refractivity contribution in [2.45, 2.75) is 50.2 Å². The highest BCUT2D eigenvalue weighted by molar-refractivity contribution is 7.99. The fourth-order valence-electron chi connectivity index (χ4n) is 4.18. The van der Waals surface area contributed by atoms with Crippen molar-refractivity contribution in [2.24, 2.45) is 5.73 Å². The fourth-order valence-corrected chi connectivity index (χ4v) is 5.39. The summed E-state index contributed by atoms with van der Waals surface area (Å²) in [5, 5.41) is 7.01. The normalized spacial score (nSPS) is 24.7. The first-order valence-electron chi connectivity index (χ1n) is 10.4. The fraction of sp³-hybridized carbons (Fsp3) is 0.476. The van der Waals surface area contributed by atoms with Crippen molar-refractivity contribution < 1.29 is 0 Å². The summed E-state index contributed by atoms with van der Waals surface area (Å²) >= 11 is 1.99. The van der Waals surface area contributed by atoms with Crippen LogP contribution in [0.25, 0.3) is 11.2 Å². The minimum absolute atomic E-state index is 0.327. The van der Waals surface area contributed by atoms with E-state index in [1.54, 1.807) is 0 Å². The first-order valence-corrected chi connectivity index (χ1v) is 11.6. The maximum Gasteiger partial charge on any atom is 0.227 e. The quantitative estimate of drug-likeness (QED) is 0.588. The Hall–Kier alpha value is -2.32. The van der Waals surface area contributed by atoms with Gasteiger partial charge in [0.25, 0.3) is 0 Å². The highest BCUT2D eigenvalue weighted by atomic mass is 32.2. The van der Waals surface area contributed by atoms with Crippen molar-refractivity contribution in [1.29, 1.82) is 0 Å². The summed E-state index contributed by atoms with van der Waals surface area (Å²) in [4.78, 5) is 14.4. The van der Waals surface area contributed by atoms with Crippen LogP contribution in [0.15, 0.2) is 36.7 Å². The summed E-state index contributed by atoms with van der Waals surface area (Å²) in [6, 6.07) is 11.3. The lowest BCUT2D eigenvalue weighted by Gasteiger charge is -2.27. The van der Waals surface area contributed by atoms with Gasteiger partial charge in [-0.25, -0.2) is 4.98 Å². The van der Waals surface area contributed by atoms with Gasteiger partial charge >= 0.3 is 0 Å². The second-order valence-corrected chi connectivity index (χ2v) is 9.13. The number of hydrogen-bond acceptors (Lipinski definition) is 7. The van der Waals surface area contributed by atoms with E-state index >= 15 is 0 Å². The Morgan fingerprint density at radius 1 is 1.03 bits per heavy atom. The molecule has 29 heavy (non-hydrogen) atoms. The van der Waals surface area contributed by atoms with Crippen LogP contribution in [0, 0.1) is 0 Å². The third-order valence-electron chi connectivity index (χ3n) is 5.86. The van der Waals surface area contributed by atoms with Gasteiger partial charge < -0.3 is 20.9 Å². The lowest BCUT2D eigenvalue weighted by Crippen LogP contribution is -2.33. The molecule has 3 heterocycles. The summed E-state index contributed by atoms with van der Waals surface area (Å²) in [5.41, 5.74) is 8.79. The topological polar surface area (TPSA) is 93.7 Å². The molecule has 2 aliphatic rings. The molecule has 2 aromatic heterocycles. The Bertz CT molecular complexity index is 960. The Kier molecular flexibility index (Phi) is 5.28. The van der Waals surface area contributed by atoms with Crippen LogP contribution in [0.5, 0.6) is 0 Å². The molecule has 0 amide bonds. The zero-order valence-corrected chi connectivity index (χ0v) is 17.2. The number of thioether (sulfide) groups is 1. The van der Waals surface area contributed by atoms with E-state index in [9.17, 15) is 0 Å². The van der Waals surface area contributed by atoms with Crippen molar-refractivity contribution in [1.82, 2.24) is 19.5 Å². The number of fused-ring (bicyclic) bond motifs is 1. The Labute approximate surface area is 174 Å². The number of aromatic nitrogens is 4. The van der Waals surface area contributed by atoms with Crippen molar-refractivity contribution in [3.05, 3.63) is 36.7 Å². The molecule has 0 bridgehead atoms. The number of benzene rings is 1. The van der Waals surface area contributed by atoms with Crippen molar-refractivity contribution in [3.63, 3.8) is 0 Å². The smallest absolute Gasteiger partial charge is 0.227 e. The lowest BCUT2D eigenvalue weighted by atomic mass is 9.92. The average Bonchev–Trinajstić information content (AvgIpc) is 3.40. The Balaban J connectivity index is 1.50. The van der Waals surface area contributed by atoms with Crippen LogP contribution in [0.3, 0.4) is 0 Å². The van der Waals surface area contributed by atoms with Crippen molar-refractivity contribution in [2.75, 3.05) is 22.1 Å². The molecule has 0 radical (unpaired) electrons. The van der Waals surface area contributed by atoms with Crippen LogP contribution in [0.1, 0.15) is 38.1 Å². The maximum atomic E-state index is 6.07.